The smallest absolute Gasteiger partial charge is 0.230 e. The van der Waals surface area contributed by atoms with Gasteiger partial charge in [0.05, 0.1) is 11.8 Å². The quantitative estimate of drug-likeness (QED) is 0.675. The normalized spacial score (nSPS) is 12.0. The molecule has 5 nitrogen and oxygen atoms in total. The zero-order valence-corrected chi connectivity index (χ0v) is 16.0. The molecule has 1 heterocycles. The summed E-state index contributed by atoms with van der Waals surface area (Å²) in [6.45, 7) is 4.03. The highest BCUT2D eigenvalue weighted by Crippen LogP contribution is 2.23. The summed E-state index contributed by atoms with van der Waals surface area (Å²) in [6.07, 6.45) is 0. The molecule has 0 fully saturated rings. The van der Waals surface area contributed by atoms with Crippen molar-refractivity contribution in [1.82, 2.24) is 20.1 Å². The zero-order valence-electron chi connectivity index (χ0n) is 15.1. The fourth-order valence-electron chi connectivity index (χ4n) is 2.71. The number of hydrogen-bond donors (Lipinski definition) is 1. The van der Waals surface area contributed by atoms with Gasteiger partial charge in [0.1, 0.15) is 0 Å². The average Bonchev–Trinajstić information content (AvgIpc) is 3.01. The molecule has 2 aromatic carbocycles. The first-order valence-electron chi connectivity index (χ1n) is 8.48. The van der Waals surface area contributed by atoms with E-state index >= 15 is 0 Å². The summed E-state index contributed by atoms with van der Waals surface area (Å²) >= 11 is 1.39. The first kappa shape index (κ1) is 18.2. The van der Waals surface area contributed by atoms with Gasteiger partial charge in [0, 0.05) is 12.6 Å². The number of rotatable bonds is 6. The first-order chi connectivity index (χ1) is 12.5. The Hall–Kier alpha value is -2.60. The van der Waals surface area contributed by atoms with Crippen molar-refractivity contribution in [2.75, 3.05) is 5.75 Å². The van der Waals surface area contributed by atoms with Crippen LogP contribution in [0.4, 0.5) is 0 Å². The number of aromatic nitrogens is 3. The maximum atomic E-state index is 12.2. The Labute approximate surface area is 157 Å². The summed E-state index contributed by atoms with van der Waals surface area (Å²) in [5.41, 5.74) is 3.29. The van der Waals surface area contributed by atoms with Crippen LogP contribution in [0.15, 0.2) is 59.8 Å². The van der Waals surface area contributed by atoms with Gasteiger partial charge in [0.25, 0.3) is 0 Å². The molecule has 1 aromatic heterocycles. The molecular formula is C20H22N4OS. The molecule has 1 unspecified atom stereocenters. The second kappa shape index (κ2) is 8.19. The van der Waals surface area contributed by atoms with Crippen molar-refractivity contribution in [3.05, 3.63) is 65.7 Å². The van der Waals surface area contributed by atoms with Crippen LogP contribution in [0.5, 0.6) is 0 Å². The Morgan fingerprint density at radius 3 is 2.65 bits per heavy atom. The number of carbonyl (C=O) groups is 1. The molecule has 3 aromatic rings. The summed E-state index contributed by atoms with van der Waals surface area (Å²) < 4.78 is 1.92. The first-order valence-corrected chi connectivity index (χ1v) is 9.46. The van der Waals surface area contributed by atoms with E-state index in [0.717, 1.165) is 22.1 Å². The third-order valence-electron chi connectivity index (χ3n) is 4.12. The second-order valence-electron chi connectivity index (χ2n) is 6.22. The molecule has 6 heteroatoms. The minimum absolute atomic E-state index is 0.0216. The maximum Gasteiger partial charge on any atom is 0.230 e. The lowest BCUT2D eigenvalue weighted by atomic mass is 10.1. The largest absolute Gasteiger partial charge is 0.349 e. The third kappa shape index (κ3) is 4.32. The molecular weight excluding hydrogens is 344 g/mol. The lowest BCUT2D eigenvalue weighted by Gasteiger charge is -2.14. The lowest BCUT2D eigenvalue weighted by Crippen LogP contribution is -2.28. The number of hydrogen-bond acceptors (Lipinski definition) is 4. The van der Waals surface area contributed by atoms with Crippen LogP contribution in [0.3, 0.4) is 0 Å². The average molecular weight is 366 g/mol. The van der Waals surface area contributed by atoms with Gasteiger partial charge in [-0.1, -0.05) is 65.9 Å². The van der Waals surface area contributed by atoms with Crippen LogP contribution < -0.4 is 5.32 Å². The molecule has 0 aliphatic heterocycles. The third-order valence-corrected chi connectivity index (χ3v) is 5.14. The van der Waals surface area contributed by atoms with Crippen LogP contribution >= 0.6 is 11.8 Å². The van der Waals surface area contributed by atoms with E-state index in [9.17, 15) is 4.79 Å². The second-order valence-corrected chi connectivity index (χ2v) is 7.17. The van der Waals surface area contributed by atoms with Crippen molar-refractivity contribution in [2.24, 2.45) is 7.05 Å². The molecule has 0 aliphatic carbocycles. The van der Waals surface area contributed by atoms with Crippen molar-refractivity contribution in [3.63, 3.8) is 0 Å². The Bertz CT molecular complexity index is 892. The van der Waals surface area contributed by atoms with Crippen LogP contribution in [0.25, 0.3) is 11.4 Å². The highest BCUT2D eigenvalue weighted by atomic mass is 32.2. The van der Waals surface area contributed by atoms with Gasteiger partial charge in [0.15, 0.2) is 11.0 Å². The number of benzene rings is 2. The van der Waals surface area contributed by atoms with Gasteiger partial charge in [0.2, 0.25) is 5.91 Å². The predicted molar refractivity (Wildman–Crippen MR) is 105 cm³/mol. The van der Waals surface area contributed by atoms with Gasteiger partial charge in [-0.15, -0.1) is 10.2 Å². The van der Waals surface area contributed by atoms with E-state index in [4.69, 9.17) is 0 Å². The SMILES string of the molecule is Cc1cccc(-c2nnc(SCC(=O)NC(C)c3ccccc3)n2C)c1. The molecule has 0 radical (unpaired) electrons. The number of aryl methyl sites for hydroxylation is 1. The number of nitrogens with one attached hydrogen (secondary N) is 1. The molecule has 26 heavy (non-hydrogen) atoms. The molecule has 1 atom stereocenters. The summed E-state index contributed by atoms with van der Waals surface area (Å²) in [5, 5.41) is 12.2. The van der Waals surface area contributed by atoms with Crippen LogP contribution in [-0.2, 0) is 11.8 Å². The van der Waals surface area contributed by atoms with E-state index in [0.29, 0.717) is 5.75 Å². The van der Waals surface area contributed by atoms with Gasteiger partial charge in [-0.25, -0.2) is 0 Å². The van der Waals surface area contributed by atoms with Crippen LogP contribution in [0.2, 0.25) is 0 Å². The molecule has 1 N–H and O–H groups in total. The van der Waals surface area contributed by atoms with Crippen LogP contribution in [0.1, 0.15) is 24.1 Å². The van der Waals surface area contributed by atoms with E-state index in [-0.39, 0.29) is 11.9 Å². The van der Waals surface area contributed by atoms with E-state index in [1.54, 1.807) is 0 Å². The molecule has 0 aliphatic rings. The number of amides is 1. The highest BCUT2D eigenvalue weighted by molar-refractivity contribution is 7.99. The predicted octanol–water partition coefficient (Wildman–Crippen LogP) is 3.76. The summed E-state index contributed by atoms with van der Waals surface area (Å²) in [7, 11) is 1.92. The van der Waals surface area contributed by atoms with E-state index in [1.807, 2.05) is 74.0 Å². The Morgan fingerprint density at radius 1 is 1.15 bits per heavy atom. The maximum absolute atomic E-state index is 12.2. The Kier molecular flexibility index (Phi) is 5.73. The topological polar surface area (TPSA) is 59.8 Å². The van der Waals surface area contributed by atoms with E-state index in [2.05, 4.69) is 21.6 Å². The van der Waals surface area contributed by atoms with E-state index < -0.39 is 0 Å². The van der Waals surface area contributed by atoms with Gasteiger partial charge >= 0.3 is 0 Å². The van der Waals surface area contributed by atoms with Crippen LogP contribution in [0, 0.1) is 6.92 Å². The lowest BCUT2D eigenvalue weighted by molar-refractivity contribution is -0.119. The van der Waals surface area contributed by atoms with Gasteiger partial charge in [-0.2, -0.15) is 0 Å². The molecule has 0 saturated carbocycles. The van der Waals surface area contributed by atoms with Crippen LogP contribution in [-0.4, -0.2) is 26.4 Å². The summed E-state index contributed by atoms with van der Waals surface area (Å²) in [6, 6.07) is 18.0. The molecule has 0 bridgehead atoms. The monoisotopic (exact) mass is 366 g/mol. The van der Waals surface area contributed by atoms with Gasteiger partial charge in [-0.3, -0.25) is 4.79 Å². The van der Waals surface area contributed by atoms with Gasteiger partial charge in [-0.05, 0) is 25.5 Å². The molecule has 0 saturated heterocycles. The minimum Gasteiger partial charge on any atom is -0.349 e. The molecule has 0 spiro atoms. The zero-order chi connectivity index (χ0) is 18.5. The molecule has 3 rings (SSSR count). The van der Waals surface area contributed by atoms with Crippen molar-refractivity contribution in [3.8, 4) is 11.4 Å². The van der Waals surface area contributed by atoms with Crippen molar-refractivity contribution in [1.29, 1.82) is 0 Å². The fourth-order valence-corrected chi connectivity index (χ4v) is 3.44. The van der Waals surface area contributed by atoms with Gasteiger partial charge < -0.3 is 9.88 Å². The molecule has 134 valence electrons. The van der Waals surface area contributed by atoms with Crippen molar-refractivity contribution in [2.45, 2.75) is 25.0 Å². The fraction of sp³-hybridized carbons (Fsp3) is 0.250. The minimum atomic E-state index is -0.0218. The summed E-state index contributed by atoms with van der Waals surface area (Å²) in [5.74, 6) is 1.08. The Morgan fingerprint density at radius 2 is 1.92 bits per heavy atom. The standard InChI is InChI=1S/C20H22N4OS/c1-14-8-7-11-17(12-14)19-22-23-20(24(19)3)26-13-18(25)21-15(2)16-9-5-4-6-10-16/h4-12,15H,13H2,1-3H3,(H,21,25). The number of carbonyl (C=O) groups excluding carboxylic acids is 1. The van der Waals surface area contributed by atoms with Crippen molar-refractivity contribution < 1.29 is 4.79 Å². The number of nitrogens with zero attached hydrogens (tertiary/aromatic N) is 3. The van der Waals surface area contributed by atoms with E-state index in [1.165, 1.54) is 17.3 Å². The number of thioether (sulfide) groups is 1. The van der Waals surface area contributed by atoms with Crippen molar-refractivity contribution >= 4 is 17.7 Å². The summed E-state index contributed by atoms with van der Waals surface area (Å²) in [4.78, 5) is 12.2. The highest BCUT2D eigenvalue weighted by Gasteiger charge is 2.14. The Balaban J connectivity index is 1.61. The molecule has 1 amide bonds.